The van der Waals surface area contributed by atoms with Crippen LogP contribution in [-0.4, -0.2) is 9.55 Å². The van der Waals surface area contributed by atoms with Gasteiger partial charge in [-0.25, -0.2) is 4.98 Å². The summed E-state index contributed by atoms with van der Waals surface area (Å²) in [6.07, 6.45) is 0. The Balaban J connectivity index is 1.20. The fraction of sp³-hybridized carbons (Fsp3) is 0. The Morgan fingerprint density at radius 3 is 1.68 bits per heavy atom. The van der Waals surface area contributed by atoms with Crippen LogP contribution in [0.25, 0.3) is 115 Å². The van der Waals surface area contributed by atoms with E-state index in [4.69, 9.17) is 4.98 Å². The summed E-state index contributed by atoms with van der Waals surface area (Å²) in [6.45, 7) is 0. The number of nitrogens with zero attached hydrogens (tertiary/aromatic N) is 3. The number of fused-ring (bicyclic) bond motifs is 12. The number of pyridine rings is 1. The summed E-state index contributed by atoms with van der Waals surface area (Å²) in [5, 5.41) is 25.1. The van der Waals surface area contributed by atoms with E-state index >= 15 is 0 Å². The van der Waals surface area contributed by atoms with E-state index in [-0.39, 0.29) is 0 Å². The molecule has 0 saturated heterocycles. The SMILES string of the molecule is N#Cc1ccc2c3cc(-c4c5ccccc5c(-c5nc6c7ccccc7ccc6c6c5ccc5ccccc56)c5ccccc45)ccc3n(-c3ccccc3)c2c1. The summed E-state index contributed by atoms with van der Waals surface area (Å²) in [7, 11) is 0. The Labute approximate surface area is 327 Å². The lowest BCUT2D eigenvalue weighted by Gasteiger charge is -2.20. The highest BCUT2D eigenvalue weighted by atomic mass is 15.0. The fourth-order valence-electron chi connectivity index (χ4n) is 9.49. The van der Waals surface area contributed by atoms with E-state index in [0.717, 1.165) is 60.6 Å². The van der Waals surface area contributed by atoms with Crippen molar-refractivity contribution >= 4 is 86.6 Å². The highest BCUT2D eigenvalue weighted by Crippen LogP contribution is 2.48. The van der Waals surface area contributed by atoms with Gasteiger partial charge < -0.3 is 4.57 Å². The van der Waals surface area contributed by atoms with Crippen molar-refractivity contribution in [1.29, 1.82) is 5.26 Å². The van der Waals surface area contributed by atoms with Crippen molar-refractivity contribution in [2.24, 2.45) is 0 Å². The van der Waals surface area contributed by atoms with E-state index in [9.17, 15) is 5.26 Å². The number of hydrogen-bond acceptors (Lipinski definition) is 2. The van der Waals surface area contributed by atoms with Crippen LogP contribution in [0, 0.1) is 11.3 Å². The quantitative estimate of drug-likeness (QED) is 0.135. The standard InChI is InChI=1S/C54H31N3/c55-32-33-22-26-40-47-31-36(25-29-48(47)57(49(40)30-33)37-14-2-1-3-15-37)50-41-18-8-10-20-43(41)52(44-21-11-9-19-42(44)50)54-46-28-23-34-12-4-6-16-38(34)51(46)45-27-24-35-13-5-7-17-39(35)53(45)56-54/h1-31H. The van der Waals surface area contributed by atoms with Gasteiger partial charge in [-0.15, -0.1) is 0 Å². The van der Waals surface area contributed by atoms with E-state index < -0.39 is 0 Å². The van der Waals surface area contributed by atoms with Crippen LogP contribution in [0.15, 0.2) is 188 Å². The molecule has 0 spiro atoms. The number of para-hydroxylation sites is 1. The molecule has 0 atom stereocenters. The number of aromatic nitrogens is 2. The Bertz CT molecular complexity index is 3640. The molecule has 0 amide bonds. The van der Waals surface area contributed by atoms with Gasteiger partial charge in [0, 0.05) is 43.6 Å². The van der Waals surface area contributed by atoms with Gasteiger partial charge in [0.25, 0.3) is 0 Å². The van der Waals surface area contributed by atoms with Gasteiger partial charge in [-0.3, -0.25) is 0 Å². The summed E-state index contributed by atoms with van der Waals surface area (Å²) >= 11 is 0. The van der Waals surface area contributed by atoms with Gasteiger partial charge >= 0.3 is 0 Å². The van der Waals surface area contributed by atoms with Crippen molar-refractivity contribution in [2.45, 2.75) is 0 Å². The summed E-state index contributed by atoms with van der Waals surface area (Å²) in [6, 6.07) is 69.7. The van der Waals surface area contributed by atoms with Crippen LogP contribution in [0.4, 0.5) is 0 Å². The smallest absolute Gasteiger partial charge is 0.0992 e. The van der Waals surface area contributed by atoms with Gasteiger partial charge in [0.1, 0.15) is 0 Å². The van der Waals surface area contributed by atoms with E-state index in [2.05, 4.69) is 180 Å². The molecular weight excluding hydrogens is 691 g/mol. The lowest BCUT2D eigenvalue weighted by atomic mass is 9.85. The normalized spacial score (nSPS) is 11.8. The zero-order valence-electron chi connectivity index (χ0n) is 30.7. The maximum atomic E-state index is 9.87. The van der Waals surface area contributed by atoms with Crippen molar-refractivity contribution in [3.05, 3.63) is 194 Å². The first-order valence-electron chi connectivity index (χ1n) is 19.4. The van der Waals surface area contributed by atoms with Crippen LogP contribution in [0.5, 0.6) is 0 Å². The number of hydrogen-bond donors (Lipinski definition) is 0. The molecule has 2 heterocycles. The van der Waals surface area contributed by atoms with Crippen LogP contribution in [-0.2, 0) is 0 Å². The molecule has 0 aliphatic rings. The Morgan fingerprint density at radius 2 is 0.982 bits per heavy atom. The molecule has 0 aliphatic heterocycles. The van der Waals surface area contributed by atoms with Gasteiger partial charge in [0.2, 0.25) is 0 Å². The predicted octanol–water partition coefficient (Wildman–Crippen LogP) is 14.3. The molecule has 262 valence electrons. The molecule has 0 aliphatic carbocycles. The van der Waals surface area contributed by atoms with Gasteiger partial charge in [0.15, 0.2) is 0 Å². The monoisotopic (exact) mass is 721 g/mol. The van der Waals surface area contributed by atoms with E-state index in [1.165, 1.54) is 54.0 Å². The van der Waals surface area contributed by atoms with Crippen LogP contribution < -0.4 is 0 Å². The molecular formula is C54H31N3. The van der Waals surface area contributed by atoms with E-state index in [1.807, 2.05) is 18.2 Å². The third kappa shape index (κ3) is 4.56. The summed E-state index contributed by atoms with van der Waals surface area (Å²) in [5.74, 6) is 0. The third-order valence-electron chi connectivity index (χ3n) is 11.9. The Morgan fingerprint density at radius 1 is 0.404 bits per heavy atom. The molecule has 12 aromatic rings. The van der Waals surface area contributed by atoms with Crippen LogP contribution in [0.2, 0.25) is 0 Å². The fourth-order valence-corrected chi connectivity index (χ4v) is 9.49. The lowest BCUT2D eigenvalue weighted by molar-refractivity contribution is 1.18. The molecule has 0 saturated carbocycles. The van der Waals surface area contributed by atoms with Crippen molar-refractivity contribution < 1.29 is 0 Å². The van der Waals surface area contributed by atoms with Crippen molar-refractivity contribution in [3.8, 4) is 34.1 Å². The van der Waals surface area contributed by atoms with Crippen LogP contribution >= 0.6 is 0 Å². The van der Waals surface area contributed by atoms with E-state index in [1.54, 1.807) is 0 Å². The number of benzene rings is 10. The molecule has 0 bridgehead atoms. The molecule has 3 heteroatoms. The van der Waals surface area contributed by atoms with Gasteiger partial charge in [-0.2, -0.15) is 5.26 Å². The minimum Gasteiger partial charge on any atom is -0.309 e. The summed E-state index contributed by atoms with van der Waals surface area (Å²) < 4.78 is 2.28. The molecule has 0 unspecified atom stereocenters. The summed E-state index contributed by atoms with van der Waals surface area (Å²) in [5.41, 5.74) is 9.33. The molecule has 2 aromatic heterocycles. The van der Waals surface area contributed by atoms with Gasteiger partial charge in [0.05, 0.1) is 33.9 Å². The zero-order valence-corrected chi connectivity index (χ0v) is 30.7. The third-order valence-corrected chi connectivity index (χ3v) is 11.9. The average molecular weight is 722 g/mol. The molecule has 3 nitrogen and oxygen atoms in total. The van der Waals surface area contributed by atoms with Crippen molar-refractivity contribution in [1.82, 2.24) is 9.55 Å². The topological polar surface area (TPSA) is 41.6 Å². The van der Waals surface area contributed by atoms with E-state index in [0.29, 0.717) is 5.56 Å². The highest BCUT2D eigenvalue weighted by molar-refractivity contribution is 6.30. The first kappa shape index (κ1) is 31.5. The number of rotatable bonds is 3. The van der Waals surface area contributed by atoms with Crippen molar-refractivity contribution in [3.63, 3.8) is 0 Å². The maximum Gasteiger partial charge on any atom is 0.0992 e. The maximum absolute atomic E-state index is 9.87. The minimum atomic E-state index is 0.645. The molecule has 0 radical (unpaired) electrons. The highest BCUT2D eigenvalue weighted by Gasteiger charge is 2.22. The van der Waals surface area contributed by atoms with Crippen molar-refractivity contribution in [2.75, 3.05) is 0 Å². The van der Waals surface area contributed by atoms with Crippen LogP contribution in [0.3, 0.4) is 0 Å². The minimum absolute atomic E-state index is 0.645. The first-order valence-corrected chi connectivity index (χ1v) is 19.4. The van der Waals surface area contributed by atoms with Crippen LogP contribution in [0.1, 0.15) is 5.56 Å². The molecule has 0 N–H and O–H groups in total. The summed E-state index contributed by atoms with van der Waals surface area (Å²) in [4.78, 5) is 5.71. The second-order valence-electron chi connectivity index (χ2n) is 14.9. The Hall–Kier alpha value is -7.80. The van der Waals surface area contributed by atoms with Gasteiger partial charge in [-0.1, -0.05) is 152 Å². The van der Waals surface area contributed by atoms with Gasteiger partial charge in [-0.05, 0) is 85.2 Å². The lowest BCUT2D eigenvalue weighted by Crippen LogP contribution is -1.96. The molecule has 12 rings (SSSR count). The second kappa shape index (κ2) is 12.1. The first-order chi connectivity index (χ1) is 28.2. The average Bonchev–Trinajstić information content (AvgIpc) is 3.60. The largest absolute Gasteiger partial charge is 0.309 e. The Kier molecular flexibility index (Phi) is 6.70. The second-order valence-corrected chi connectivity index (χ2v) is 14.9. The predicted molar refractivity (Wildman–Crippen MR) is 239 cm³/mol. The molecule has 10 aromatic carbocycles. The zero-order chi connectivity index (χ0) is 37.6. The molecule has 57 heavy (non-hydrogen) atoms. The molecule has 0 fully saturated rings. The number of nitriles is 1.